The second kappa shape index (κ2) is 7.02. The number of hydrogen-bond acceptors (Lipinski definition) is 7. The molecular weight excluding hydrogens is 314 g/mol. The van der Waals surface area contributed by atoms with Gasteiger partial charge in [0.1, 0.15) is 5.82 Å². The number of thiazole rings is 1. The summed E-state index contributed by atoms with van der Waals surface area (Å²) in [5, 5.41) is 1.10. The van der Waals surface area contributed by atoms with Crippen molar-refractivity contribution in [1.82, 2.24) is 19.2 Å². The van der Waals surface area contributed by atoms with Crippen LogP contribution in [0.1, 0.15) is 29.7 Å². The first-order valence-electron chi connectivity index (χ1n) is 7.80. The van der Waals surface area contributed by atoms with Gasteiger partial charge in [0.15, 0.2) is 0 Å². The fraction of sp³-hybridized carbons (Fsp3) is 0.667. The molecule has 0 aliphatic carbocycles. The van der Waals surface area contributed by atoms with Crippen molar-refractivity contribution >= 4 is 28.0 Å². The predicted molar refractivity (Wildman–Crippen MR) is 92.8 cm³/mol. The van der Waals surface area contributed by atoms with Gasteiger partial charge >= 0.3 is 0 Å². The average Bonchev–Trinajstić information content (AvgIpc) is 3.20. The summed E-state index contributed by atoms with van der Waals surface area (Å²) in [6.45, 7) is 8.55. The fourth-order valence-electron chi connectivity index (χ4n) is 2.90. The molecule has 0 N–H and O–H groups in total. The van der Waals surface area contributed by atoms with E-state index in [1.807, 2.05) is 5.51 Å². The summed E-state index contributed by atoms with van der Waals surface area (Å²) in [6, 6.07) is 0. The van der Waals surface area contributed by atoms with Gasteiger partial charge in [0, 0.05) is 49.0 Å². The van der Waals surface area contributed by atoms with E-state index in [9.17, 15) is 0 Å². The van der Waals surface area contributed by atoms with Gasteiger partial charge in [0.2, 0.25) is 5.13 Å². The first-order valence-corrected chi connectivity index (χ1v) is 9.46. The number of aromatic nitrogens is 3. The Morgan fingerprint density at radius 2 is 2.32 bits per heavy atom. The smallest absolute Gasteiger partial charge is 0.205 e. The van der Waals surface area contributed by atoms with Crippen LogP contribution in [-0.4, -0.2) is 45.9 Å². The Labute approximate surface area is 140 Å². The average molecular weight is 338 g/mol. The molecule has 0 spiro atoms. The van der Waals surface area contributed by atoms with Crippen molar-refractivity contribution in [3.05, 3.63) is 21.9 Å². The lowest BCUT2D eigenvalue weighted by atomic mass is 10.1. The summed E-state index contributed by atoms with van der Waals surface area (Å²) in [5.41, 5.74) is 3.11. The van der Waals surface area contributed by atoms with Crippen molar-refractivity contribution in [3.63, 3.8) is 0 Å². The highest BCUT2D eigenvalue weighted by Crippen LogP contribution is 2.26. The van der Waals surface area contributed by atoms with E-state index in [-0.39, 0.29) is 0 Å². The highest BCUT2D eigenvalue weighted by molar-refractivity contribution is 7.10. The maximum Gasteiger partial charge on any atom is 0.205 e. The molecule has 0 aromatic carbocycles. The van der Waals surface area contributed by atoms with Crippen LogP contribution in [0, 0.1) is 12.8 Å². The van der Waals surface area contributed by atoms with Gasteiger partial charge in [-0.05, 0) is 26.3 Å². The topological polar surface area (TPSA) is 45.2 Å². The van der Waals surface area contributed by atoms with Crippen LogP contribution in [-0.2, 0) is 13.0 Å². The Hall–Kier alpha value is -1.05. The van der Waals surface area contributed by atoms with Gasteiger partial charge in [-0.15, -0.1) is 11.3 Å². The normalized spacial score (nSPS) is 18.5. The van der Waals surface area contributed by atoms with Crippen LogP contribution >= 0.6 is 22.9 Å². The minimum absolute atomic E-state index is 0.715. The minimum atomic E-state index is 0.715. The lowest BCUT2D eigenvalue weighted by Gasteiger charge is -2.21. The van der Waals surface area contributed by atoms with E-state index in [1.165, 1.54) is 17.0 Å². The van der Waals surface area contributed by atoms with E-state index in [0.29, 0.717) is 5.92 Å². The number of rotatable bonds is 6. The Kier molecular flexibility index (Phi) is 5.05. The van der Waals surface area contributed by atoms with Gasteiger partial charge < -0.3 is 9.80 Å². The van der Waals surface area contributed by atoms with Crippen molar-refractivity contribution in [2.45, 2.75) is 33.2 Å². The third kappa shape index (κ3) is 3.64. The molecule has 1 atom stereocenters. The van der Waals surface area contributed by atoms with Crippen LogP contribution in [0.2, 0.25) is 0 Å². The van der Waals surface area contributed by atoms with Crippen LogP contribution in [0.15, 0.2) is 5.51 Å². The zero-order valence-electron chi connectivity index (χ0n) is 13.4. The van der Waals surface area contributed by atoms with E-state index < -0.39 is 0 Å². The van der Waals surface area contributed by atoms with Crippen molar-refractivity contribution in [1.29, 1.82) is 0 Å². The van der Waals surface area contributed by atoms with Gasteiger partial charge in [0.05, 0.1) is 11.2 Å². The second-order valence-corrected chi connectivity index (χ2v) is 7.67. The molecule has 1 saturated heterocycles. The summed E-state index contributed by atoms with van der Waals surface area (Å²) >= 11 is 3.30. The van der Waals surface area contributed by atoms with Crippen molar-refractivity contribution < 1.29 is 0 Å². The van der Waals surface area contributed by atoms with Crippen molar-refractivity contribution in [2.75, 3.05) is 31.6 Å². The minimum Gasteiger partial charge on any atom is -0.347 e. The van der Waals surface area contributed by atoms with Gasteiger partial charge in [-0.3, -0.25) is 0 Å². The molecule has 7 heteroatoms. The molecule has 1 aliphatic heterocycles. The predicted octanol–water partition coefficient (Wildman–Crippen LogP) is 2.82. The van der Waals surface area contributed by atoms with Gasteiger partial charge in [-0.1, -0.05) is 6.92 Å². The third-order valence-electron chi connectivity index (χ3n) is 4.16. The van der Waals surface area contributed by atoms with E-state index in [4.69, 9.17) is 0 Å². The van der Waals surface area contributed by atoms with Crippen molar-refractivity contribution in [2.24, 2.45) is 5.92 Å². The number of hydrogen-bond donors (Lipinski definition) is 0. The van der Waals surface area contributed by atoms with Gasteiger partial charge in [-0.2, -0.15) is 4.37 Å². The lowest BCUT2D eigenvalue weighted by Crippen LogP contribution is -2.28. The Balaban J connectivity index is 1.51. The lowest BCUT2D eigenvalue weighted by molar-refractivity contribution is 0.281. The molecule has 1 fully saturated rings. The molecule has 22 heavy (non-hydrogen) atoms. The molecule has 0 saturated carbocycles. The zero-order chi connectivity index (χ0) is 15.5. The van der Waals surface area contributed by atoms with E-state index in [1.54, 1.807) is 22.9 Å². The van der Waals surface area contributed by atoms with Crippen LogP contribution in [0.3, 0.4) is 0 Å². The molecule has 2 aromatic rings. The van der Waals surface area contributed by atoms with Crippen LogP contribution in [0.5, 0.6) is 0 Å². The monoisotopic (exact) mass is 337 g/mol. The fourth-order valence-corrected chi connectivity index (χ4v) is 4.54. The van der Waals surface area contributed by atoms with Crippen LogP contribution in [0.25, 0.3) is 0 Å². The standard InChI is InChI=1S/C15H23N5S2/c1-4-14-17-15(22-18-14)20-6-5-12(8-20)7-19(3)9-13-11(2)16-10-21-13/h10,12H,4-9H2,1-3H3/t12-/m0/s1. The Morgan fingerprint density at radius 1 is 1.45 bits per heavy atom. The van der Waals surface area contributed by atoms with E-state index in [2.05, 4.69) is 45.0 Å². The maximum absolute atomic E-state index is 4.61. The molecule has 5 nitrogen and oxygen atoms in total. The summed E-state index contributed by atoms with van der Waals surface area (Å²) in [7, 11) is 2.21. The summed E-state index contributed by atoms with van der Waals surface area (Å²) < 4.78 is 4.40. The quantitative estimate of drug-likeness (QED) is 0.811. The summed E-state index contributed by atoms with van der Waals surface area (Å²) in [4.78, 5) is 15.1. The Morgan fingerprint density at radius 3 is 3.00 bits per heavy atom. The first-order chi connectivity index (χ1) is 10.7. The second-order valence-electron chi connectivity index (χ2n) is 6.01. The Bertz CT molecular complexity index is 609. The molecule has 120 valence electrons. The number of anilines is 1. The highest BCUT2D eigenvalue weighted by Gasteiger charge is 2.26. The summed E-state index contributed by atoms with van der Waals surface area (Å²) in [6.07, 6.45) is 2.16. The molecular formula is C15H23N5S2. The largest absolute Gasteiger partial charge is 0.347 e. The first kappa shape index (κ1) is 15.8. The van der Waals surface area contributed by atoms with E-state index >= 15 is 0 Å². The SMILES string of the molecule is CCc1nsc(N2CC[C@@H](CN(C)Cc3scnc3C)C2)n1. The van der Waals surface area contributed by atoms with Crippen LogP contribution in [0.4, 0.5) is 5.13 Å². The maximum atomic E-state index is 4.61. The van der Waals surface area contributed by atoms with Gasteiger partial charge in [0.25, 0.3) is 0 Å². The molecule has 2 aromatic heterocycles. The van der Waals surface area contributed by atoms with E-state index in [0.717, 1.165) is 43.6 Å². The summed E-state index contributed by atoms with van der Waals surface area (Å²) in [5.74, 6) is 1.69. The molecule has 1 aliphatic rings. The van der Waals surface area contributed by atoms with Gasteiger partial charge in [-0.25, -0.2) is 9.97 Å². The number of aryl methyl sites for hydroxylation is 2. The molecule has 0 unspecified atom stereocenters. The highest BCUT2D eigenvalue weighted by atomic mass is 32.1. The van der Waals surface area contributed by atoms with Crippen molar-refractivity contribution in [3.8, 4) is 0 Å². The molecule has 0 bridgehead atoms. The zero-order valence-corrected chi connectivity index (χ0v) is 15.1. The molecule has 3 heterocycles. The number of nitrogens with zero attached hydrogens (tertiary/aromatic N) is 5. The molecule has 3 rings (SSSR count). The molecule has 0 radical (unpaired) electrons. The third-order valence-corrected chi connectivity index (χ3v) is 5.89. The van der Waals surface area contributed by atoms with Crippen LogP contribution < -0.4 is 4.90 Å². The molecule has 0 amide bonds.